The highest BCUT2D eigenvalue weighted by molar-refractivity contribution is 5.94. The Balaban J connectivity index is 1.38. The maximum Gasteiger partial charge on any atom is 0.110 e. The molecule has 0 amide bonds. The molecule has 4 heterocycles. The normalized spacial score (nSPS) is 15.0. The van der Waals surface area contributed by atoms with Crippen LogP contribution in [-0.2, 0) is 0 Å². The van der Waals surface area contributed by atoms with Crippen LogP contribution in [0.2, 0.25) is 0 Å². The van der Waals surface area contributed by atoms with Crippen LogP contribution in [0, 0.1) is 20.8 Å². The van der Waals surface area contributed by atoms with E-state index >= 15 is 0 Å². The molecule has 0 unspecified atom stereocenters. The molecular weight excluding hydrogens is 406 g/mol. The van der Waals surface area contributed by atoms with Gasteiger partial charge >= 0.3 is 0 Å². The van der Waals surface area contributed by atoms with E-state index in [-0.39, 0.29) is 0 Å². The van der Waals surface area contributed by atoms with Gasteiger partial charge in [-0.25, -0.2) is 4.98 Å². The molecule has 5 nitrogen and oxygen atoms in total. The molecule has 1 aliphatic heterocycles. The molecule has 2 aromatic carbocycles. The Kier molecular flexibility index (Phi) is 4.80. The maximum absolute atomic E-state index is 4.96. The van der Waals surface area contributed by atoms with Crippen LogP contribution < -0.4 is 5.32 Å². The zero-order valence-corrected chi connectivity index (χ0v) is 19.4. The number of nitrogens with zero attached hydrogens (tertiary/aromatic N) is 2. The number of imidazole rings is 1. The van der Waals surface area contributed by atoms with Gasteiger partial charge in [0.2, 0.25) is 0 Å². The predicted molar refractivity (Wildman–Crippen MR) is 136 cm³/mol. The van der Waals surface area contributed by atoms with Crippen LogP contribution in [0.3, 0.4) is 0 Å². The lowest BCUT2D eigenvalue weighted by Crippen LogP contribution is -2.27. The van der Waals surface area contributed by atoms with Crippen molar-refractivity contribution >= 4 is 21.9 Å². The second kappa shape index (κ2) is 7.85. The van der Waals surface area contributed by atoms with E-state index in [4.69, 9.17) is 4.98 Å². The van der Waals surface area contributed by atoms with E-state index in [1.807, 2.05) is 13.8 Å². The molecule has 5 heteroatoms. The number of H-pyrrole nitrogens is 2. The van der Waals surface area contributed by atoms with Gasteiger partial charge in [0.1, 0.15) is 5.82 Å². The maximum atomic E-state index is 4.96. The summed E-state index contributed by atoms with van der Waals surface area (Å²) in [5.41, 5.74) is 11.4. The smallest absolute Gasteiger partial charge is 0.110 e. The Bertz CT molecular complexity index is 1460. The van der Waals surface area contributed by atoms with Gasteiger partial charge in [0, 0.05) is 39.5 Å². The highest BCUT2D eigenvalue weighted by Crippen LogP contribution is 2.34. The average molecular weight is 436 g/mol. The van der Waals surface area contributed by atoms with Crippen LogP contribution in [0.5, 0.6) is 0 Å². The molecular formula is C28H29N5. The quantitative estimate of drug-likeness (QED) is 0.318. The van der Waals surface area contributed by atoms with Crippen molar-refractivity contribution in [3.63, 3.8) is 0 Å². The number of aromatic nitrogens is 4. The lowest BCUT2D eigenvalue weighted by molar-refractivity contribution is 0.448. The zero-order valence-electron chi connectivity index (χ0n) is 19.4. The summed E-state index contributed by atoms with van der Waals surface area (Å²) < 4.78 is 0. The first-order chi connectivity index (χ1) is 16.0. The van der Waals surface area contributed by atoms with E-state index in [0.717, 1.165) is 59.7 Å². The molecule has 5 aromatic rings. The van der Waals surface area contributed by atoms with Gasteiger partial charge < -0.3 is 15.3 Å². The third-order valence-electron chi connectivity index (χ3n) is 6.99. The largest absolute Gasteiger partial charge is 0.354 e. The minimum absolute atomic E-state index is 0.527. The van der Waals surface area contributed by atoms with Crippen LogP contribution in [-0.4, -0.2) is 33.0 Å². The van der Waals surface area contributed by atoms with Gasteiger partial charge in [0.25, 0.3) is 0 Å². The number of hydrogen-bond acceptors (Lipinski definition) is 3. The second-order valence-corrected chi connectivity index (χ2v) is 9.40. The fourth-order valence-electron chi connectivity index (χ4n) is 5.28. The van der Waals surface area contributed by atoms with Crippen molar-refractivity contribution in [1.82, 2.24) is 25.3 Å². The number of aryl methyl sites for hydroxylation is 3. The van der Waals surface area contributed by atoms with Gasteiger partial charge in [-0.3, -0.25) is 4.98 Å². The standard InChI is InChI=1S/C28H29N5/c1-16-12-22(13-17(2)30-16)27-18(3)23-6-4-20(14-25(23)31-27)21-5-7-24-26(15-21)33-28(32-24)19-8-10-29-11-9-19/h4-7,12-15,19,29,31H,8-11H2,1-3H3,(H,32,33). The molecule has 1 saturated heterocycles. The molecule has 0 saturated carbocycles. The van der Waals surface area contributed by atoms with E-state index in [9.17, 15) is 0 Å². The van der Waals surface area contributed by atoms with E-state index in [2.05, 4.69) is 75.7 Å². The minimum Gasteiger partial charge on any atom is -0.354 e. The summed E-state index contributed by atoms with van der Waals surface area (Å²) in [5.74, 6) is 1.66. The van der Waals surface area contributed by atoms with E-state index in [1.165, 1.54) is 33.3 Å². The van der Waals surface area contributed by atoms with Crippen molar-refractivity contribution in [2.75, 3.05) is 13.1 Å². The molecule has 0 radical (unpaired) electrons. The summed E-state index contributed by atoms with van der Waals surface area (Å²) in [7, 11) is 0. The molecule has 0 spiro atoms. The Hall–Kier alpha value is -3.44. The monoisotopic (exact) mass is 435 g/mol. The number of pyridine rings is 1. The van der Waals surface area contributed by atoms with Crippen molar-refractivity contribution in [2.24, 2.45) is 0 Å². The van der Waals surface area contributed by atoms with Gasteiger partial charge in [-0.1, -0.05) is 18.2 Å². The summed E-state index contributed by atoms with van der Waals surface area (Å²) in [6.45, 7) is 8.44. The number of benzene rings is 2. The van der Waals surface area contributed by atoms with E-state index in [1.54, 1.807) is 0 Å². The molecule has 6 rings (SSSR count). The second-order valence-electron chi connectivity index (χ2n) is 9.40. The van der Waals surface area contributed by atoms with Crippen molar-refractivity contribution in [3.8, 4) is 22.4 Å². The van der Waals surface area contributed by atoms with Crippen molar-refractivity contribution < 1.29 is 0 Å². The highest BCUT2D eigenvalue weighted by atomic mass is 14.9. The fraction of sp³-hybridized carbons (Fsp3) is 0.286. The molecule has 1 aliphatic rings. The topological polar surface area (TPSA) is 69.4 Å². The number of piperidine rings is 1. The number of nitrogens with one attached hydrogen (secondary N) is 3. The Labute approximate surface area is 193 Å². The van der Waals surface area contributed by atoms with Crippen molar-refractivity contribution in [2.45, 2.75) is 39.5 Å². The van der Waals surface area contributed by atoms with Crippen LogP contribution >= 0.6 is 0 Å². The van der Waals surface area contributed by atoms with Gasteiger partial charge in [-0.05, 0) is 93.7 Å². The molecule has 33 heavy (non-hydrogen) atoms. The van der Waals surface area contributed by atoms with Crippen molar-refractivity contribution in [3.05, 3.63) is 71.3 Å². The lowest BCUT2D eigenvalue weighted by Gasteiger charge is -2.20. The van der Waals surface area contributed by atoms with Gasteiger partial charge in [0.15, 0.2) is 0 Å². The molecule has 0 bridgehead atoms. The lowest BCUT2D eigenvalue weighted by atomic mass is 9.98. The first-order valence-electron chi connectivity index (χ1n) is 11.8. The Morgan fingerprint density at radius 3 is 2.24 bits per heavy atom. The summed E-state index contributed by atoms with van der Waals surface area (Å²) in [6, 6.07) is 17.6. The zero-order chi connectivity index (χ0) is 22.5. The van der Waals surface area contributed by atoms with Gasteiger partial charge in [-0.2, -0.15) is 0 Å². The number of aromatic amines is 2. The summed E-state index contributed by atoms with van der Waals surface area (Å²) in [6.07, 6.45) is 2.29. The molecule has 166 valence electrons. The van der Waals surface area contributed by atoms with E-state index in [0.29, 0.717) is 5.92 Å². The Morgan fingerprint density at radius 2 is 1.45 bits per heavy atom. The van der Waals surface area contributed by atoms with Gasteiger partial charge in [-0.15, -0.1) is 0 Å². The van der Waals surface area contributed by atoms with Crippen molar-refractivity contribution in [1.29, 1.82) is 0 Å². The summed E-state index contributed by atoms with van der Waals surface area (Å²) in [4.78, 5) is 16.7. The number of rotatable bonds is 3. The molecule has 3 N–H and O–H groups in total. The van der Waals surface area contributed by atoms with Gasteiger partial charge in [0.05, 0.1) is 11.0 Å². The van der Waals surface area contributed by atoms with Crippen LogP contribution in [0.15, 0.2) is 48.5 Å². The third kappa shape index (κ3) is 3.62. The SMILES string of the molecule is Cc1cc(-c2[nH]c3cc(-c4ccc5[nH]c(C6CCNCC6)nc5c4)ccc3c2C)cc(C)n1. The molecule has 3 aromatic heterocycles. The third-order valence-corrected chi connectivity index (χ3v) is 6.99. The van der Waals surface area contributed by atoms with Crippen LogP contribution in [0.25, 0.3) is 44.3 Å². The predicted octanol–water partition coefficient (Wildman–Crippen LogP) is 6.17. The van der Waals surface area contributed by atoms with E-state index < -0.39 is 0 Å². The fourth-order valence-corrected chi connectivity index (χ4v) is 5.28. The number of hydrogen-bond donors (Lipinski definition) is 3. The van der Waals surface area contributed by atoms with Crippen LogP contribution in [0.4, 0.5) is 0 Å². The first kappa shape index (κ1) is 20.2. The summed E-state index contributed by atoms with van der Waals surface area (Å²) in [5, 5.41) is 4.70. The highest BCUT2D eigenvalue weighted by Gasteiger charge is 2.19. The molecule has 1 fully saturated rings. The molecule has 0 aliphatic carbocycles. The number of fused-ring (bicyclic) bond motifs is 2. The first-order valence-corrected chi connectivity index (χ1v) is 11.8. The van der Waals surface area contributed by atoms with Crippen LogP contribution in [0.1, 0.15) is 41.5 Å². The molecule has 0 atom stereocenters. The Morgan fingerprint density at radius 1 is 0.727 bits per heavy atom. The average Bonchev–Trinajstić information content (AvgIpc) is 3.39. The summed E-state index contributed by atoms with van der Waals surface area (Å²) >= 11 is 0. The minimum atomic E-state index is 0.527.